The number of nitro groups is 1. The fourth-order valence-corrected chi connectivity index (χ4v) is 2.21. The summed E-state index contributed by atoms with van der Waals surface area (Å²) in [6, 6.07) is 6.54. The second-order valence-corrected chi connectivity index (χ2v) is 4.40. The number of aliphatic hydroxyl groups is 1. The van der Waals surface area contributed by atoms with Crippen LogP contribution in [0.1, 0.15) is 30.9 Å². The number of nitrogens with zero attached hydrogens (tertiary/aromatic N) is 1. The lowest BCUT2D eigenvalue weighted by molar-refractivity contribution is -0.385. The lowest BCUT2D eigenvalue weighted by Gasteiger charge is -2.15. The van der Waals surface area contributed by atoms with Crippen molar-refractivity contribution in [1.29, 1.82) is 0 Å². The van der Waals surface area contributed by atoms with Gasteiger partial charge in [-0.2, -0.15) is 0 Å². The summed E-state index contributed by atoms with van der Waals surface area (Å²) in [6.07, 6.45) is 2.17. The molecule has 1 heterocycles. The molecule has 2 atom stereocenters. The zero-order chi connectivity index (χ0) is 12.3. The second kappa shape index (κ2) is 5.25. The molecule has 5 heteroatoms. The molecule has 17 heavy (non-hydrogen) atoms. The van der Waals surface area contributed by atoms with Crippen molar-refractivity contribution in [3.8, 4) is 0 Å². The van der Waals surface area contributed by atoms with Crippen molar-refractivity contribution in [2.75, 3.05) is 6.54 Å². The first-order valence-corrected chi connectivity index (χ1v) is 5.82. The molecule has 0 amide bonds. The number of aliphatic hydroxyl groups excluding tert-OH is 1. The number of hydrogen-bond donors (Lipinski definition) is 2. The monoisotopic (exact) mass is 236 g/mol. The highest BCUT2D eigenvalue weighted by atomic mass is 16.6. The molecule has 1 aromatic carbocycles. The first-order chi connectivity index (χ1) is 8.16. The van der Waals surface area contributed by atoms with Crippen molar-refractivity contribution in [1.82, 2.24) is 5.32 Å². The molecule has 0 spiro atoms. The summed E-state index contributed by atoms with van der Waals surface area (Å²) in [7, 11) is 0. The van der Waals surface area contributed by atoms with Crippen molar-refractivity contribution in [2.24, 2.45) is 0 Å². The fraction of sp³-hybridized carbons (Fsp3) is 0.500. The van der Waals surface area contributed by atoms with Gasteiger partial charge in [0.2, 0.25) is 0 Å². The van der Waals surface area contributed by atoms with Gasteiger partial charge in [0.05, 0.1) is 11.0 Å². The summed E-state index contributed by atoms with van der Waals surface area (Å²) >= 11 is 0. The van der Waals surface area contributed by atoms with Gasteiger partial charge in [-0.1, -0.05) is 12.1 Å². The third kappa shape index (κ3) is 3.01. The maximum Gasteiger partial charge on any atom is 0.269 e. The highest BCUT2D eigenvalue weighted by Gasteiger charge is 2.20. The third-order valence-electron chi connectivity index (χ3n) is 3.14. The van der Waals surface area contributed by atoms with Crippen molar-refractivity contribution in [2.45, 2.75) is 31.4 Å². The summed E-state index contributed by atoms with van der Waals surface area (Å²) in [5, 5.41) is 24.0. The molecule has 1 fully saturated rings. The molecule has 5 nitrogen and oxygen atoms in total. The zero-order valence-electron chi connectivity index (χ0n) is 9.50. The van der Waals surface area contributed by atoms with Crippen LogP contribution >= 0.6 is 0 Å². The number of hydrogen-bond acceptors (Lipinski definition) is 4. The van der Waals surface area contributed by atoms with Crippen LogP contribution < -0.4 is 5.32 Å². The standard InChI is InChI=1S/C12H16N2O3/c15-12(8-10-4-2-6-13-10)9-3-1-5-11(7-9)14(16)17/h1,3,5,7,10,12-13,15H,2,4,6,8H2. The van der Waals surface area contributed by atoms with Gasteiger partial charge in [0.25, 0.3) is 5.69 Å². The largest absolute Gasteiger partial charge is 0.388 e. The van der Waals surface area contributed by atoms with Crippen LogP contribution in [0.2, 0.25) is 0 Å². The van der Waals surface area contributed by atoms with Crippen LogP contribution in [0.4, 0.5) is 5.69 Å². The molecule has 0 radical (unpaired) electrons. The van der Waals surface area contributed by atoms with Gasteiger partial charge in [0, 0.05) is 18.2 Å². The number of non-ortho nitro benzene ring substituents is 1. The van der Waals surface area contributed by atoms with Gasteiger partial charge in [-0.3, -0.25) is 10.1 Å². The summed E-state index contributed by atoms with van der Waals surface area (Å²) < 4.78 is 0. The maximum atomic E-state index is 10.6. The predicted octanol–water partition coefficient (Wildman–Crippen LogP) is 1.77. The Bertz CT molecular complexity index is 402. The van der Waals surface area contributed by atoms with Crippen molar-refractivity contribution in [3.05, 3.63) is 39.9 Å². The second-order valence-electron chi connectivity index (χ2n) is 4.40. The van der Waals surface area contributed by atoms with Crippen molar-refractivity contribution < 1.29 is 10.0 Å². The van der Waals surface area contributed by atoms with Crippen LogP contribution in [-0.2, 0) is 0 Å². The Kier molecular flexibility index (Phi) is 3.71. The molecule has 2 rings (SSSR count). The molecule has 2 N–H and O–H groups in total. The Labute approximate surface area is 99.6 Å². The molecule has 0 aromatic heterocycles. The van der Waals surface area contributed by atoms with E-state index in [1.165, 1.54) is 12.1 Å². The fourth-order valence-electron chi connectivity index (χ4n) is 2.21. The summed E-state index contributed by atoms with van der Waals surface area (Å²) in [6.45, 7) is 0.992. The molecule has 0 bridgehead atoms. The highest BCUT2D eigenvalue weighted by Crippen LogP contribution is 2.24. The SMILES string of the molecule is O=[N+]([O-])c1cccc(C(O)CC2CCCN2)c1. The third-order valence-corrected chi connectivity index (χ3v) is 3.14. The average molecular weight is 236 g/mol. The van der Waals surface area contributed by atoms with Crippen LogP contribution in [0, 0.1) is 10.1 Å². The minimum absolute atomic E-state index is 0.0286. The minimum atomic E-state index is -0.634. The minimum Gasteiger partial charge on any atom is -0.388 e. The van der Waals surface area contributed by atoms with E-state index in [-0.39, 0.29) is 5.69 Å². The molecule has 2 unspecified atom stereocenters. The molecule has 1 aliphatic heterocycles. The number of nitrogens with one attached hydrogen (secondary N) is 1. The van der Waals surface area contributed by atoms with Gasteiger partial charge in [0.1, 0.15) is 0 Å². The van der Waals surface area contributed by atoms with E-state index < -0.39 is 11.0 Å². The van der Waals surface area contributed by atoms with E-state index in [9.17, 15) is 15.2 Å². The van der Waals surface area contributed by atoms with E-state index in [2.05, 4.69) is 5.32 Å². The van der Waals surface area contributed by atoms with E-state index in [1.807, 2.05) is 0 Å². The average Bonchev–Trinajstić information content (AvgIpc) is 2.82. The van der Waals surface area contributed by atoms with Gasteiger partial charge < -0.3 is 10.4 Å². The zero-order valence-corrected chi connectivity index (χ0v) is 9.50. The maximum absolute atomic E-state index is 10.6. The Morgan fingerprint density at radius 3 is 3.06 bits per heavy atom. The van der Waals surface area contributed by atoms with E-state index in [4.69, 9.17) is 0 Å². The lowest BCUT2D eigenvalue weighted by atomic mass is 10.0. The van der Waals surface area contributed by atoms with Gasteiger partial charge >= 0.3 is 0 Å². The van der Waals surface area contributed by atoms with Crippen LogP contribution in [0.25, 0.3) is 0 Å². The van der Waals surface area contributed by atoms with Crippen molar-refractivity contribution >= 4 is 5.69 Å². The normalized spacial score (nSPS) is 21.4. The lowest BCUT2D eigenvalue weighted by Crippen LogP contribution is -2.23. The number of benzene rings is 1. The van der Waals surface area contributed by atoms with Crippen LogP contribution in [0.15, 0.2) is 24.3 Å². The van der Waals surface area contributed by atoms with E-state index in [0.717, 1.165) is 19.4 Å². The summed E-state index contributed by atoms with van der Waals surface area (Å²) in [5.41, 5.74) is 0.647. The molecule has 1 aromatic rings. The predicted molar refractivity (Wildman–Crippen MR) is 63.7 cm³/mol. The van der Waals surface area contributed by atoms with E-state index in [0.29, 0.717) is 18.0 Å². The number of nitro benzene ring substituents is 1. The Hall–Kier alpha value is -1.46. The molecule has 1 aliphatic rings. The number of rotatable bonds is 4. The molecular formula is C12H16N2O3. The van der Waals surface area contributed by atoms with Crippen molar-refractivity contribution in [3.63, 3.8) is 0 Å². The van der Waals surface area contributed by atoms with Gasteiger partial charge in [-0.25, -0.2) is 0 Å². The van der Waals surface area contributed by atoms with Crippen LogP contribution in [-0.4, -0.2) is 22.6 Å². The molecule has 0 aliphatic carbocycles. The summed E-state index contributed by atoms with van der Waals surface area (Å²) in [5.74, 6) is 0. The van der Waals surface area contributed by atoms with Gasteiger partial charge in [0.15, 0.2) is 0 Å². The quantitative estimate of drug-likeness (QED) is 0.617. The molecular weight excluding hydrogens is 220 g/mol. The topological polar surface area (TPSA) is 75.4 Å². The Balaban J connectivity index is 2.04. The van der Waals surface area contributed by atoms with E-state index >= 15 is 0 Å². The first kappa shape index (κ1) is 12.0. The molecule has 92 valence electrons. The van der Waals surface area contributed by atoms with Gasteiger partial charge in [-0.05, 0) is 31.4 Å². The van der Waals surface area contributed by atoms with Crippen LogP contribution in [0.5, 0.6) is 0 Å². The van der Waals surface area contributed by atoms with Gasteiger partial charge in [-0.15, -0.1) is 0 Å². The van der Waals surface area contributed by atoms with E-state index in [1.54, 1.807) is 12.1 Å². The first-order valence-electron chi connectivity index (χ1n) is 5.82. The Morgan fingerprint density at radius 2 is 2.41 bits per heavy atom. The summed E-state index contributed by atoms with van der Waals surface area (Å²) in [4.78, 5) is 10.2. The molecule has 1 saturated heterocycles. The molecule has 0 saturated carbocycles. The smallest absolute Gasteiger partial charge is 0.269 e. The van der Waals surface area contributed by atoms with Crippen LogP contribution in [0.3, 0.4) is 0 Å². The highest BCUT2D eigenvalue weighted by molar-refractivity contribution is 5.35. The Morgan fingerprint density at radius 1 is 1.59 bits per heavy atom.